The SMILES string of the molecule is O=C(Cc1ccccc1)Nc1cncc(-c2ccc3[nH]nc(-c4cc5c(-c6ccoc6)ccnc5[nH]4)c3c2)c1. The molecule has 7 aromatic rings. The van der Waals surface area contributed by atoms with E-state index in [-0.39, 0.29) is 5.91 Å². The summed E-state index contributed by atoms with van der Waals surface area (Å²) in [6, 6.07) is 23.7. The lowest BCUT2D eigenvalue weighted by atomic mass is 10.0. The third-order valence-corrected chi connectivity index (χ3v) is 6.74. The number of aromatic nitrogens is 5. The van der Waals surface area contributed by atoms with Crippen LogP contribution in [0.3, 0.4) is 0 Å². The molecule has 3 N–H and O–H groups in total. The zero-order valence-electron chi connectivity index (χ0n) is 20.7. The molecule has 0 unspecified atom stereocenters. The van der Waals surface area contributed by atoms with Crippen molar-refractivity contribution < 1.29 is 9.21 Å². The largest absolute Gasteiger partial charge is 0.472 e. The van der Waals surface area contributed by atoms with Gasteiger partial charge >= 0.3 is 0 Å². The first-order chi connectivity index (χ1) is 19.2. The fourth-order valence-electron chi connectivity index (χ4n) is 4.88. The first kappa shape index (κ1) is 22.7. The van der Waals surface area contributed by atoms with E-state index in [1.165, 1.54) is 0 Å². The number of benzene rings is 2. The van der Waals surface area contributed by atoms with Crippen LogP contribution < -0.4 is 5.32 Å². The first-order valence-electron chi connectivity index (χ1n) is 12.5. The molecule has 0 radical (unpaired) electrons. The van der Waals surface area contributed by atoms with Gasteiger partial charge in [0.1, 0.15) is 11.3 Å². The third-order valence-electron chi connectivity index (χ3n) is 6.74. The summed E-state index contributed by atoms with van der Waals surface area (Å²) in [6.07, 6.45) is 8.92. The molecule has 39 heavy (non-hydrogen) atoms. The smallest absolute Gasteiger partial charge is 0.228 e. The van der Waals surface area contributed by atoms with Gasteiger partial charge in [-0.15, -0.1) is 0 Å². The van der Waals surface area contributed by atoms with E-state index in [0.717, 1.165) is 61.1 Å². The Bertz CT molecular complexity index is 1940. The predicted octanol–water partition coefficient (Wildman–Crippen LogP) is 6.61. The highest BCUT2D eigenvalue weighted by atomic mass is 16.3. The number of H-pyrrole nitrogens is 2. The summed E-state index contributed by atoms with van der Waals surface area (Å²) >= 11 is 0. The average molecular weight is 511 g/mol. The van der Waals surface area contributed by atoms with Gasteiger partial charge in [0.15, 0.2) is 0 Å². The van der Waals surface area contributed by atoms with E-state index in [9.17, 15) is 4.79 Å². The van der Waals surface area contributed by atoms with Gasteiger partial charge < -0.3 is 14.7 Å². The fraction of sp³-hybridized carbons (Fsp3) is 0.0323. The van der Waals surface area contributed by atoms with Crippen LogP contribution in [0.15, 0.2) is 108 Å². The molecule has 0 fully saturated rings. The number of aromatic amines is 2. The predicted molar refractivity (Wildman–Crippen MR) is 151 cm³/mol. The summed E-state index contributed by atoms with van der Waals surface area (Å²) in [7, 11) is 0. The molecule has 0 aliphatic carbocycles. The Hall–Kier alpha value is -5.50. The van der Waals surface area contributed by atoms with Crippen molar-refractivity contribution in [2.75, 3.05) is 5.32 Å². The summed E-state index contributed by atoms with van der Waals surface area (Å²) < 4.78 is 5.29. The zero-order chi connectivity index (χ0) is 26.2. The number of rotatable bonds is 6. The number of anilines is 1. The van der Waals surface area contributed by atoms with Crippen LogP contribution in [0, 0.1) is 0 Å². The summed E-state index contributed by atoms with van der Waals surface area (Å²) in [4.78, 5) is 24.9. The Morgan fingerprint density at radius 2 is 1.82 bits per heavy atom. The Morgan fingerprint density at radius 1 is 0.897 bits per heavy atom. The van der Waals surface area contributed by atoms with Crippen molar-refractivity contribution >= 4 is 33.5 Å². The number of nitrogens with one attached hydrogen (secondary N) is 3. The van der Waals surface area contributed by atoms with Gasteiger partial charge in [-0.05, 0) is 53.1 Å². The van der Waals surface area contributed by atoms with E-state index in [0.29, 0.717) is 12.1 Å². The molecule has 0 saturated heterocycles. The number of amides is 1. The topological polar surface area (TPSA) is 112 Å². The summed E-state index contributed by atoms with van der Waals surface area (Å²) in [5.74, 6) is -0.0880. The maximum Gasteiger partial charge on any atom is 0.228 e. The molecule has 5 heterocycles. The number of carbonyl (C=O) groups excluding carboxylic acids is 1. The second kappa shape index (κ2) is 9.42. The number of hydrogen-bond donors (Lipinski definition) is 3. The van der Waals surface area contributed by atoms with Gasteiger partial charge in [-0.3, -0.25) is 14.9 Å². The molecule has 0 saturated carbocycles. The molecule has 0 atom stereocenters. The second-order valence-electron chi connectivity index (χ2n) is 9.32. The number of carbonyl (C=O) groups is 1. The lowest BCUT2D eigenvalue weighted by molar-refractivity contribution is -0.115. The van der Waals surface area contributed by atoms with E-state index < -0.39 is 0 Å². The van der Waals surface area contributed by atoms with Crippen LogP contribution in [0.5, 0.6) is 0 Å². The van der Waals surface area contributed by atoms with Crippen molar-refractivity contribution in [1.82, 2.24) is 25.1 Å². The van der Waals surface area contributed by atoms with E-state index in [1.807, 2.05) is 60.7 Å². The number of fused-ring (bicyclic) bond motifs is 2. The van der Waals surface area contributed by atoms with Gasteiger partial charge in [0.05, 0.1) is 42.0 Å². The van der Waals surface area contributed by atoms with Crippen LogP contribution in [0.25, 0.3) is 55.6 Å². The van der Waals surface area contributed by atoms with E-state index in [2.05, 4.69) is 42.6 Å². The molecule has 7 rings (SSSR count). The number of nitrogens with zero attached hydrogens (tertiary/aromatic N) is 3. The van der Waals surface area contributed by atoms with Crippen LogP contribution in [0.1, 0.15) is 5.56 Å². The van der Waals surface area contributed by atoms with E-state index >= 15 is 0 Å². The Balaban J connectivity index is 1.21. The highest BCUT2D eigenvalue weighted by Gasteiger charge is 2.15. The van der Waals surface area contributed by atoms with Gasteiger partial charge in [0.25, 0.3) is 0 Å². The molecule has 0 aliphatic rings. The molecule has 188 valence electrons. The van der Waals surface area contributed by atoms with Gasteiger partial charge in [-0.2, -0.15) is 5.10 Å². The highest BCUT2D eigenvalue weighted by Crippen LogP contribution is 2.35. The maximum absolute atomic E-state index is 12.6. The van der Waals surface area contributed by atoms with Crippen molar-refractivity contribution in [2.45, 2.75) is 6.42 Å². The zero-order valence-corrected chi connectivity index (χ0v) is 20.7. The standard InChI is InChI=1S/C31H22N6O2/c38-29(12-19-4-2-1-3-5-19)34-23-13-22(16-32-17-23)20-6-7-27-26(14-20)30(37-36-27)28-15-25-24(21-9-11-39-18-21)8-10-33-31(25)35-28/h1-11,13-18H,12H2,(H,33,35)(H,34,38)(H,36,37). The minimum Gasteiger partial charge on any atom is -0.472 e. The van der Waals surface area contributed by atoms with Crippen LogP contribution in [0.4, 0.5) is 5.69 Å². The monoisotopic (exact) mass is 510 g/mol. The molecule has 0 bridgehead atoms. The molecule has 5 aromatic heterocycles. The summed E-state index contributed by atoms with van der Waals surface area (Å²) in [5.41, 5.74) is 8.83. The molecule has 0 spiro atoms. The normalized spacial score (nSPS) is 11.3. The van der Waals surface area contributed by atoms with Crippen LogP contribution in [0.2, 0.25) is 0 Å². The number of furan rings is 1. The molecule has 0 aliphatic heterocycles. The van der Waals surface area contributed by atoms with Gasteiger partial charge in [-0.25, -0.2) is 4.98 Å². The lowest BCUT2D eigenvalue weighted by Crippen LogP contribution is -2.14. The number of pyridine rings is 2. The Labute approximate surface area is 222 Å². The highest BCUT2D eigenvalue weighted by molar-refractivity contribution is 6.00. The quantitative estimate of drug-likeness (QED) is 0.233. The van der Waals surface area contributed by atoms with Gasteiger partial charge in [0, 0.05) is 34.3 Å². The Kier molecular flexibility index (Phi) is 5.48. The van der Waals surface area contributed by atoms with Crippen molar-refractivity contribution in [3.63, 3.8) is 0 Å². The minimum absolute atomic E-state index is 0.0880. The Morgan fingerprint density at radius 3 is 2.69 bits per heavy atom. The van der Waals surface area contributed by atoms with Crippen molar-refractivity contribution in [3.05, 3.63) is 109 Å². The molecule has 8 heteroatoms. The summed E-state index contributed by atoms with van der Waals surface area (Å²) in [6.45, 7) is 0. The second-order valence-corrected chi connectivity index (χ2v) is 9.32. The van der Waals surface area contributed by atoms with Crippen molar-refractivity contribution in [3.8, 4) is 33.6 Å². The third kappa shape index (κ3) is 4.34. The van der Waals surface area contributed by atoms with E-state index in [4.69, 9.17) is 4.42 Å². The summed E-state index contributed by atoms with van der Waals surface area (Å²) in [5, 5.41) is 12.7. The van der Waals surface area contributed by atoms with Crippen LogP contribution >= 0.6 is 0 Å². The minimum atomic E-state index is -0.0880. The number of hydrogen-bond acceptors (Lipinski definition) is 5. The van der Waals surface area contributed by atoms with Gasteiger partial charge in [0.2, 0.25) is 5.91 Å². The molecular weight excluding hydrogens is 488 g/mol. The molecule has 8 nitrogen and oxygen atoms in total. The van der Waals surface area contributed by atoms with Crippen LogP contribution in [-0.2, 0) is 11.2 Å². The van der Waals surface area contributed by atoms with Crippen molar-refractivity contribution in [1.29, 1.82) is 0 Å². The van der Waals surface area contributed by atoms with Crippen LogP contribution in [-0.4, -0.2) is 31.1 Å². The van der Waals surface area contributed by atoms with Crippen molar-refractivity contribution in [2.24, 2.45) is 0 Å². The average Bonchev–Trinajstić information content (AvgIpc) is 3.73. The molecule has 2 aromatic carbocycles. The lowest BCUT2D eigenvalue weighted by Gasteiger charge is -2.08. The first-order valence-corrected chi connectivity index (χ1v) is 12.5. The fourth-order valence-corrected chi connectivity index (χ4v) is 4.88. The van der Waals surface area contributed by atoms with E-state index in [1.54, 1.807) is 31.1 Å². The molecular formula is C31H22N6O2. The maximum atomic E-state index is 12.6. The van der Waals surface area contributed by atoms with Gasteiger partial charge in [-0.1, -0.05) is 36.4 Å². The molecule has 1 amide bonds.